The summed E-state index contributed by atoms with van der Waals surface area (Å²) in [4.78, 5) is 11.2. The maximum atomic E-state index is 11.2. The van der Waals surface area contributed by atoms with Gasteiger partial charge in [-0.05, 0) is 24.1 Å². The Balaban J connectivity index is 2.34. The molecule has 0 atom stereocenters. The van der Waals surface area contributed by atoms with Gasteiger partial charge in [0.2, 0.25) is 0 Å². The summed E-state index contributed by atoms with van der Waals surface area (Å²) in [5.41, 5.74) is 6.29. The number of carbonyl (C=O) groups excluding carboxylic acids is 1. The van der Waals surface area contributed by atoms with Crippen molar-refractivity contribution >= 4 is 5.91 Å². The number of rotatable bonds is 7. The molecule has 0 saturated carbocycles. The minimum Gasteiger partial charge on any atom is -0.484 e. The molecular formula is C12H18N2O3. The van der Waals surface area contributed by atoms with Gasteiger partial charge in [-0.1, -0.05) is 12.1 Å². The highest BCUT2D eigenvalue weighted by molar-refractivity contribution is 5.77. The number of nitrogens with one attached hydrogen (secondary N) is 1. The largest absolute Gasteiger partial charge is 0.484 e. The number of hydrogen-bond acceptors (Lipinski definition) is 4. The molecule has 0 aliphatic heterocycles. The van der Waals surface area contributed by atoms with Crippen molar-refractivity contribution in [2.24, 2.45) is 5.73 Å². The molecule has 1 amide bonds. The van der Waals surface area contributed by atoms with Gasteiger partial charge in [0.1, 0.15) is 5.75 Å². The smallest absolute Gasteiger partial charge is 0.257 e. The molecule has 1 rings (SSSR count). The second-order valence-corrected chi connectivity index (χ2v) is 3.54. The first-order chi connectivity index (χ1) is 8.26. The molecule has 1 aromatic rings. The molecule has 0 aliphatic rings. The number of ether oxygens (including phenoxy) is 1. The van der Waals surface area contributed by atoms with Gasteiger partial charge < -0.3 is 20.9 Å². The lowest BCUT2D eigenvalue weighted by Crippen LogP contribution is -2.32. The second kappa shape index (κ2) is 7.65. The Labute approximate surface area is 101 Å². The first-order valence-corrected chi connectivity index (χ1v) is 5.55. The monoisotopic (exact) mass is 238 g/mol. The van der Waals surface area contributed by atoms with Crippen molar-refractivity contribution in [1.82, 2.24) is 5.32 Å². The summed E-state index contributed by atoms with van der Waals surface area (Å²) in [5.74, 6) is 0.449. The fraction of sp³-hybridized carbons (Fsp3) is 0.417. The maximum absolute atomic E-state index is 11.2. The Kier molecular flexibility index (Phi) is 6.06. The second-order valence-electron chi connectivity index (χ2n) is 3.54. The number of aliphatic hydroxyl groups excluding tert-OH is 1. The highest BCUT2D eigenvalue weighted by Crippen LogP contribution is 2.12. The standard InChI is InChI=1S/C12H18N2O3/c13-6-7-14-12(16)9-17-11-3-1-10(2-4-11)5-8-15/h1-4,15H,5-9,13H2,(H,14,16). The van der Waals surface area contributed by atoms with Crippen LogP contribution in [-0.4, -0.2) is 37.3 Å². The van der Waals surface area contributed by atoms with Crippen molar-refractivity contribution in [2.75, 3.05) is 26.3 Å². The van der Waals surface area contributed by atoms with E-state index in [0.29, 0.717) is 25.3 Å². The fourth-order valence-electron chi connectivity index (χ4n) is 1.29. The number of aliphatic hydroxyl groups is 1. The molecule has 0 heterocycles. The number of carbonyl (C=O) groups is 1. The molecule has 0 bridgehead atoms. The fourth-order valence-corrected chi connectivity index (χ4v) is 1.29. The third-order valence-electron chi connectivity index (χ3n) is 2.16. The summed E-state index contributed by atoms with van der Waals surface area (Å²) in [6.45, 7) is 0.986. The summed E-state index contributed by atoms with van der Waals surface area (Å²) in [6.07, 6.45) is 0.622. The molecule has 0 spiro atoms. The van der Waals surface area contributed by atoms with Crippen molar-refractivity contribution in [3.05, 3.63) is 29.8 Å². The van der Waals surface area contributed by atoms with E-state index in [1.165, 1.54) is 0 Å². The normalized spacial score (nSPS) is 10.0. The number of nitrogens with two attached hydrogens (primary N) is 1. The Morgan fingerprint density at radius 3 is 2.65 bits per heavy atom. The van der Waals surface area contributed by atoms with Crippen LogP contribution in [0.4, 0.5) is 0 Å². The quantitative estimate of drug-likeness (QED) is 0.607. The van der Waals surface area contributed by atoms with Crippen molar-refractivity contribution in [3.8, 4) is 5.75 Å². The first kappa shape index (κ1) is 13.5. The predicted molar refractivity (Wildman–Crippen MR) is 64.8 cm³/mol. The summed E-state index contributed by atoms with van der Waals surface area (Å²) >= 11 is 0. The molecule has 0 unspecified atom stereocenters. The van der Waals surface area contributed by atoms with E-state index in [1.807, 2.05) is 12.1 Å². The summed E-state index contributed by atoms with van der Waals surface area (Å²) in [7, 11) is 0. The Hall–Kier alpha value is -1.59. The molecule has 4 N–H and O–H groups in total. The summed E-state index contributed by atoms with van der Waals surface area (Å²) in [5, 5.41) is 11.4. The van der Waals surface area contributed by atoms with E-state index in [-0.39, 0.29) is 19.1 Å². The maximum Gasteiger partial charge on any atom is 0.257 e. The Morgan fingerprint density at radius 2 is 2.06 bits per heavy atom. The molecule has 0 radical (unpaired) electrons. The molecular weight excluding hydrogens is 220 g/mol. The van der Waals surface area contributed by atoms with Crippen LogP contribution in [0.15, 0.2) is 24.3 Å². The lowest BCUT2D eigenvalue weighted by molar-refractivity contribution is -0.123. The SMILES string of the molecule is NCCNC(=O)COc1ccc(CCO)cc1. The van der Waals surface area contributed by atoms with Gasteiger partial charge in [0.05, 0.1) is 0 Å². The van der Waals surface area contributed by atoms with Gasteiger partial charge >= 0.3 is 0 Å². The summed E-state index contributed by atoms with van der Waals surface area (Å²) < 4.78 is 5.28. The van der Waals surface area contributed by atoms with Crippen molar-refractivity contribution in [3.63, 3.8) is 0 Å². The molecule has 0 aromatic heterocycles. The Morgan fingerprint density at radius 1 is 1.35 bits per heavy atom. The number of amides is 1. The van der Waals surface area contributed by atoms with Gasteiger partial charge in [0.25, 0.3) is 5.91 Å². The van der Waals surface area contributed by atoms with E-state index in [2.05, 4.69) is 5.32 Å². The number of hydrogen-bond donors (Lipinski definition) is 3. The molecule has 0 aliphatic carbocycles. The zero-order chi connectivity index (χ0) is 12.5. The molecule has 5 nitrogen and oxygen atoms in total. The van der Waals surface area contributed by atoms with Crippen LogP contribution in [0.25, 0.3) is 0 Å². The molecule has 5 heteroatoms. The van der Waals surface area contributed by atoms with Crippen LogP contribution in [0, 0.1) is 0 Å². The van der Waals surface area contributed by atoms with E-state index in [0.717, 1.165) is 5.56 Å². The van der Waals surface area contributed by atoms with Crippen LogP contribution in [0.2, 0.25) is 0 Å². The first-order valence-electron chi connectivity index (χ1n) is 5.55. The zero-order valence-electron chi connectivity index (χ0n) is 9.69. The van der Waals surface area contributed by atoms with Crippen LogP contribution in [0.5, 0.6) is 5.75 Å². The predicted octanol–water partition coefficient (Wildman–Crippen LogP) is -0.325. The molecule has 17 heavy (non-hydrogen) atoms. The van der Waals surface area contributed by atoms with Gasteiger partial charge in [-0.25, -0.2) is 0 Å². The van der Waals surface area contributed by atoms with Crippen LogP contribution in [0.1, 0.15) is 5.56 Å². The van der Waals surface area contributed by atoms with Gasteiger partial charge in [0, 0.05) is 19.7 Å². The highest BCUT2D eigenvalue weighted by atomic mass is 16.5. The lowest BCUT2D eigenvalue weighted by Gasteiger charge is -2.07. The molecule has 94 valence electrons. The van der Waals surface area contributed by atoms with Crippen molar-refractivity contribution in [1.29, 1.82) is 0 Å². The van der Waals surface area contributed by atoms with Crippen LogP contribution < -0.4 is 15.8 Å². The van der Waals surface area contributed by atoms with Crippen LogP contribution >= 0.6 is 0 Å². The van der Waals surface area contributed by atoms with Gasteiger partial charge in [-0.15, -0.1) is 0 Å². The lowest BCUT2D eigenvalue weighted by atomic mass is 10.1. The third-order valence-corrected chi connectivity index (χ3v) is 2.16. The van der Waals surface area contributed by atoms with Crippen LogP contribution in [0.3, 0.4) is 0 Å². The van der Waals surface area contributed by atoms with E-state index in [1.54, 1.807) is 12.1 Å². The zero-order valence-corrected chi connectivity index (χ0v) is 9.69. The van der Waals surface area contributed by atoms with Gasteiger partial charge in [-0.3, -0.25) is 4.79 Å². The molecule has 0 saturated heterocycles. The van der Waals surface area contributed by atoms with Gasteiger partial charge in [-0.2, -0.15) is 0 Å². The van der Waals surface area contributed by atoms with Crippen LogP contribution in [-0.2, 0) is 11.2 Å². The number of benzene rings is 1. The van der Waals surface area contributed by atoms with Crippen molar-refractivity contribution in [2.45, 2.75) is 6.42 Å². The average molecular weight is 238 g/mol. The minimum absolute atomic E-state index is 0.0145. The third kappa shape index (κ3) is 5.33. The van der Waals surface area contributed by atoms with Gasteiger partial charge in [0.15, 0.2) is 6.61 Å². The van der Waals surface area contributed by atoms with Crippen molar-refractivity contribution < 1.29 is 14.6 Å². The van der Waals surface area contributed by atoms with E-state index < -0.39 is 0 Å². The minimum atomic E-state index is -0.185. The van der Waals surface area contributed by atoms with E-state index >= 15 is 0 Å². The average Bonchev–Trinajstić information content (AvgIpc) is 2.36. The van der Waals surface area contributed by atoms with E-state index in [4.69, 9.17) is 15.6 Å². The molecule has 0 fully saturated rings. The topological polar surface area (TPSA) is 84.6 Å². The molecule has 1 aromatic carbocycles. The van der Waals surface area contributed by atoms with E-state index in [9.17, 15) is 4.79 Å². The highest BCUT2D eigenvalue weighted by Gasteiger charge is 2.01. The Bertz CT molecular complexity index is 338. The summed E-state index contributed by atoms with van der Waals surface area (Å²) in [6, 6.07) is 7.29.